The third kappa shape index (κ3) is 5.05. The predicted molar refractivity (Wildman–Crippen MR) is 120 cm³/mol. The fraction of sp³-hybridized carbons (Fsp3) is 0.292. The number of rotatable bonds is 7. The van der Waals surface area contributed by atoms with Crippen LogP contribution in [0.3, 0.4) is 0 Å². The van der Waals surface area contributed by atoms with Gasteiger partial charge in [-0.2, -0.15) is 0 Å². The molecule has 2 heterocycles. The summed E-state index contributed by atoms with van der Waals surface area (Å²) in [5.74, 6) is -0.770. The summed E-state index contributed by atoms with van der Waals surface area (Å²) in [6.45, 7) is 1.29. The van der Waals surface area contributed by atoms with Gasteiger partial charge >= 0.3 is 5.97 Å². The van der Waals surface area contributed by atoms with Gasteiger partial charge in [0, 0.05) is 6.42 Å². The Morgan fingerprint density at radius 3 is 2.21 bits per heavy atom. The lowest BCUT2D eigenvalue weighted by Crippen LogP contribution is -2.48. The molecular weight excluding hydrogens is 422 g/mol. The number of nitrogens with one attached hydrogen (secondary N) is 1. The monoisotopic (exact) mass is 448 g/mol. The highest BCUT2D eigenvalue weighted by atomic mass is 16.6. The van der Waals surface area contributed by atoms with E-state index in [1.54, 1.807) is 48.5 Å². The molecule has 0 bridgehead atoms. The van der Waals surface area contributed by atoms with E-state index in [4.69, 9.17) is 4.74 Å². The number of hydrogen-bond acceptors (Lipinski definition) is 7. The molecule has 0 radical (unpaired) electrons. The molecule has 0 saturated carbocycles. The maximum atomic E-state index is 13.3. The van der Waals surface area contributed by atoms with Gasteiger partial charge in [-0.05, 0) is 11.1 Å². The average molecular weight is 449 g/mol. The smallest absolute Gasteiger partial charge is 0.348 e. The van der Waals surface area contributed by atoms with Crippen LogP contribution in [0, 0.1) is 0 Å². The van der Waals surface area contributed by atoms with E-state index in [1.807, 2.05) is 19.2 Å². The highest BCUT2D eigenvalue weighted by Crippen LogP contribution is 2.32. The van der Waals surface area contributed by atoms with Crippen LogP contribution in [0.15, 0.2) is 73.3 Å². The largest absolute Gasteiger partial charge is 0.453 e. The van der Waals surface area contributed by atoms with Crippen molar-refractivity contribution in [3.8, 4) is 0 Å². The summed E-state index contributed by atoms with van der Waals surface area (Å²) >= 11 is 0. The molecular formula is C24H26N5O4+. The SMILES string of the molecule is C[N+]1(CC(=O)Nc2ncncn2)CCC(OC(=O)C(O)(c2ccccc2)c2ccccc2)C1. The van der Waals surface area contributed by atoms with Gasteiger partial charge in [-0.15, -0.1) is 0 Å². The second-order valence-electron chi connectivity index (χ2n) is 8.45. The fourth-order valence-electron chi connectivity index (χ4n) is 4.18. The molecule has 1 fully saturated rings. The molecule has 1 aliphatic heterocycles. The zero-order chi connectivity index (χ0) is 23.3. The average Bonchev–Trinajstić information content (AvgIpc) is 3.19. The Kier molecular flexibility index (Phi) is 6.43. The number of likely N-dealkylation sites (N-methyl/N-ethyl adjacent to an activating group) is 1. The van der Waals surface area contributed by atoms with Crippen LogP contribution >= 0.6 is 0 Å². The molecule has 2 unspecified atom stereocenters. The summed E-state index contributed by atoms with van der Waals surface area (Å²) in [6, 6.07) is 17.5. The van der Waals surface area contributed by atoms with Gasteiger partial charge in [-0.1, -0.05) is 60.7 Å². The predicted octanol–water partition coefficient (Wildman–Crippen LogP) is 1.51. The molecule has 2 atom stereocenters. The van der Waals surface area contributed by atoms with Crippen molar-refractivity contribution in [1.29, 1.82) is 0 Å². The van der Waals surface area contributed by atoms with Gasteiger partial charge in [0.25, 0.3) is 5.91 Å². The summed E-state index contributed by atoms with van der Waals surface area (Å²) < 4.78 is 6.20. The number of carbonyl (C=O) groups excluding carboxylic acids is 2. The maximum Gasteiger partial charge on any atom is 0.348 e. The molecule has 33 heavy (non-hydrogen) atoms. The lowest BCUT2D eigenvalue weighted by molar-refractivity contribution is -0.890. The highest BCUT2D eigenvalue weighted by molar-refractivity contribution is 5.89. The molecule has 0 aliphatic carbocycles. The van der Waals surface area contributed by atoms with Gasteiger partial charge in [0.1, 0.15) is 19.2 Å². The summed E-state index contributed by atoms with van der Waals surface area (Å²) in [5, 5.41) is 14.2. The number of benzene rings is 2. The fourth-order valence-corrected chi connectivity index (χ4v) is 4.18. The molecule has 1 amide bonds. The molecule has 170 valence electrons. The normalized spacial score (nSPS) is 20.2. The first kappa shape index (κ1) is 22.5. The third-order valence-electron chi connectivity index (χ3n) is 5.86. The number of quaternary nitrogens is 1. The van der Waals surface area contributed by atoms with Gasteiger partial charge in [0.05, 0.1) is 13.6 Å². The number of aromatic nitrogens is 3. The van der Waals surface area contributed by atoms with Crippen LogP contribution in [0.4, 0.5) is 5.95 Å². The minimum Gasteiger partial charge on any atom is -0.453 e. The molecule has 1 saturated heterocycles. The van der Waals surface area contributed by atoms with Gasteiger partial charge in [-0.3, -0.25) is 10.1 Å². The van der Waals surface area contributed by atoms with E-state index >= 15 is 0 Å². The standard InChI is InChI=1S/C24H25N5O4/c1-29(15-21(30)28-23-26-16-25-17-27-23)13-12-20(14-29)33-22(31)24(32,18-8-4-2-5-9-18)19-10-6-3-7-11-19/h2-11,16-17,20,32H,12-15H2,1H3/p+1. The molecule has 3 aromatic rings. The van der Waals surface area contributed by atoms with Gasteiger partial charge in [0.2, 0.25) is 11.5 Å². The van der Waals surface area contributed by atoms with Gasteiger partial charge < -0.3 is 14.3 Å². The lowest BCUT2D eigenvalue weighted by atomic mass is 9.86. The summed E-state index contributed by atoms with van der Waals surface area (Å²) in [6.07, 6.45) is 2.78. The second kappa shape index (κ2) is 9.43. The second-order valence-corrected chi connectivity index (χ2v) is 8.45. The molecule has 2 aromatic carbocycles. The summed E-state index contributed by atoms with van der Waals surface area (Å²) in [5.41, 5.74) is -1.05. The molecule has 2 N–H and O–H groups in total. The number of esters is 1. The number of nitrogens with zero attached hydrogens (tertiary/aromatic N) is 4. The zero-order valence-corrected chi connectivity index (χ0v) is 18.3. The van der Waals surface area contributed by atoms with Crippen molar-refractivity contribution in [1.82, 2.24) is 15.0 Å². The first-order valence-corrected chi connectivity index (χ1v) is 10.7. The van der Waals surface area contributed by atoms with Crippen LogP contribution in [0.5, 0.6) is 0 Å². The number of hydrogen-bond donors (Lipinski definition) is 2. The van der Waals surface area contributed by atoms with Crippen LogP contribution in [0.2, 0.25) is 0 Å². The quantitative estimate of drug-likeness (QED) is 0.416. The molecule has 0 spiro atoms. The molecule has 1 aliphatic rings. The minimum atomic E-state index is -1.93. The van der Waals surface area contributed by atoms with Gasteiger partial charge in [0.15, 0.2) is 12.6 Å². The van der Waals surface area contributed by atoms with Gasteiger partial charge in [-0.25, -0.2) is 19.7 Å². The van der Waals surface area contributed by atoms with Crippen molar-refractivity contribution in [3.05, 3.63) is 84.4 Å². The number of anilines is 1. The number of ether oxygens (including phenoxy) is 1. The van der Waals surface area contributed by atoms with Crippen LogP contribution in [-0.4, -0.2) is 69.2 Å². The van der Waals surface area contributed by atoms with Crippen molar-refractivity contribution in [2.24, 2.45) is 0 Å². The minimum absolute atomic E-state index is 0.182. The van der Waals surface area contributed by atoms with E-state index in [-0.39, 0.29) is 18.4 Å². The number of carbonyl (C=O) groups is 2. The van der Waals surface area contributed by atoms with E-state index < -0.39 is 17.7 Å². The summed E-state index contributed by atoms with van der Waals surface area (Å²) in [4.78, 5) is 37.3. The van der Waals surface area contributed by atoms with Crippen LogP contribution in [0.1, 0.15) is 17.5 Å². The molecule has 9 heteroatoms. The Hall–Kier alpha value is -3.69. The molecule has 9 nitrogen and oxygen atoms in total. The molecule has 1 aromatic heterocycles. The van der Waals surface area contributed by atoms with Crippen molar-refractivity contribution in [2.45, 2.75) is 18.1 Å². The van der Waals surface area contributed by atoms with Crippen molar-refractivity contribution in [3.63, 3.8) is 0 Å². The van der Waals surface area contributed by atoms with Crippen LogP contribution in [-0.2, 0) is 19.9 Å². The number of aliphatic hydroxyl groups is 1. The number of likely N-dealkylation sites (tertiary alicyclic amines) is 1. The van der Waals surface area contributed by atoms with Crippen molar-refractivity contribution >= 4 is 17.8 Å². The Labute approximate surface area is 191 Å². The van der Waals surface area contributed by atoms with E-state index in [0.29, 0.717) is 35.1 Å². The van der Waals surface area contributed by atoms with Crippen LogP contribution in [0.25, 0.3) is 0 Å². The Morgan fingerprint density at radius 1 is 1.06 bits per heavy atom. The maximum absolute atomic E-state index is 13.3. The highest BCUT2D eigenvalue weighted by Gasteiger charge is 2.45. The Balaban J connectivity index is 1.45. The van der Waals surface area contributed by atoms with Crippen LogP contribution < -0.4 is 5.32 Å². The van der Waals surface area contributed by atoms with Crippen molar-refractivity contribution in [2.75, 3.05) is 32.0 Å². The van der Waals surface area contributed by atoms with E-state index in [9.17, 15) is 14.7 Å². The van der Waals surface area contributed by atoms with E-state index in [2.05, 4.69) is 20.3 Å². The van der Waals surface area contributed by atoms with Crippen molar-refractivity contribution < 1.29 is 23.9 Å². The zero-order valence-electron chi connectivity index (χ0n) is 18.3. The molecule has 4 rings (SSSR count). The number of amides is 1. The Bertz CT molecular complexity index is 1060. The lowest BCUT2D eigenvalue weighted by Gasteiger charge is -2.30. The van der Waals surface area contributed by atoms with E-state index in [0.717, 1.165) is 0 Å². The first-order valence-electron chi connectivity index (χ1n) is 10.7. The Morgan fingerprint density at radius 2 is 1.64 bits per heavy atom. The first-order chi connectivity index (χ1) is 15.9. The summed E-state index contributed by atoms with van der Waals surface area (Å²) in [7, 11) is 1.93. The van der Waals surface area contributed by atoms with E-state index in [1.165, 1.54) is 12.7 Å². The third-order valence-corrected chi connectivity index (χ3v) is 5.86. The topological polar surface area (TPSA) is 114 Å².